The number of thiophene rings is 1. The SMILES string of the molecule is CC.O=c1cc(N2CCOCC2)oc2c(C3=CC=CCC=C3)csc12. The topological polar surface area (TPSA) is 42.7 Å². The Kier molecular flexibility index (Phi) is 5.89. The van der Waals surface area contributed by atoms with E-state index in [0.717, 1.165) is 30.6 Å². The zero-order valence-electron chi connectivity index (χ0n) is 14.7. The predicted octanol–water partition coefficient (Wildman–Crippen LogP) is 4.62. The first-order valence-electron chi connectivity index (χ1n) is 8.75. The van der Waals surface area contributed by atoms with Crippen molar-refractivity contribution in [3.05, 3.63) is 57.6 Å². The Morgan fingerprint density at radius 2 is 1.96 bits per heavy atom. The molecule has 0 saturated carbocycles. The molecule has 2 aromatic rings. The summed E-state index contributed by atoms with van der Waals surface area (Å²) in [5, 5.41) is 2.01. The number of hydrogen-bond donors (Lipinski definition) is 0. The van der Waals surface area contributed by atoms with Crippen LogP contribution in [0.3, 0.4) is 0 Å². The molecule has 0 unspecified atom stereocenters. The first-order chi connectivity index (χ1) is 12.3. The zero-order chi connectivity index (χ0) is 17.6. The van der Waals surface area contributed by atoms with E-state index in [1.165, 1.54) is 11.3 Å². The molecular formula is C20H23NO3S. The van der Waals surface area contributed by atoms with E-state index < -0.39 is 0 Å². The Bertz CT molecular complexity index is 867. The molecular weight excluding hydrogens is 334 g/mol. The normalized spacial score (nSPS) is 17.0. The molecule has 3 heterocycles. The third-order valence-electron chi connectivity index (χ3n) is 4.05. The summed E-state index contributed by atoms with van der Waals surface area (Å²) in [6, 6.07) is 1.60. The summed E-state index contributed by atoms with van der Waals surface area (Å²) in [4.78, 5) is 14.5. The molecule has 1 saturated heterocycles. The van der Waals surface area contributed by atoms with E-state index in [9.17, 15) is 4.79 Å². The molecule has 2 aromatic heterocycles. The standard InChI is InChI=1S/C18H17NO3S.C2H6/c20-15-11-16(19-7-9-21-10-8-19)22-17-14(12-23-18(15)17)13-5-3-1-2-4-6-13;1-2/h1,3-6,11-12H,2,7-10H2;1-2H3. The molecule has 25 heavy (non-hydrogen) atoms. The molecule has 4 rings (SSSR count). The van der Waals surface area contributed by atoms with Crippen LogP contribution in [0.5, 0.6) is 0 Å². The Hall–Kier alpha value is -2.11. The van der Waals surface area contributed by atoms with Crippen molar-refractivity contribution in [2.45, 2.75) is 20.3 Å². The summed E-state index contributed by atoms with van der Waals surface area (Å²) in [5.41, 5.74) is 2.78. The number of morpholine rings is 1. The van der Waals surface area contributed by atoms with Crippen molar-refractivity contribution < 1.29 is 9.15 Å². The van der Waals surface area contributed by atoms with Crippen LogP contribution in [-0.2, 0) is 4.74 Å². The van der Waals surface area contributed by atoms with Crippen LogP contribution in [0.15, 0.2) is 51.0 Å². The molecule has 0 N–H and O–H groups in total. The average molecular weight is 357 g/mol. The molecule has 132 valence electrons. The van der Waals surface area contributed by atoms with Crippen LogP contribution in [0.4, 0.5) is 5.88 Å². The summed E-state index contributed by atoms with van der Waals surface area (Å²) in [6.07, 6.45) is 11.3. The van der Waals surface area contributed by atoms with Gasteiger partial charge in [0.25, 0.3) is 0 Å². The third-order valence-corrected chi connectivity index (χ3v) is 5.02. The van der Waals surface area contributed by atoms with Gasteiger partial charge in [0.1, 0.15) is 4.70 Å². The Labute approximate surface area is 151 Å². The number of nitrogens with zero attached hydrogens (tertiary/aromatic N) is 1. The van der Waals surface area contributed by atoms with Crippen molar-refractivity contribution in [2.24, 2.45) is 0 Å². The maximum Gasteiger partial charge on any atom is 0.204 e. The molecule has 1 fully saturated rings. The molecule has 4 nitrogen and oxygen atoms in total. The zero-order valence-corrected chi connectivity index (χ0v) is 15.5. The van der Waals surface area contributed by atoms with Crippen LogP contribution >= 0.6 is 11.3 Å². The van der Waals surface area contributed by atoms with E-state index in [-0.39, 0.29) is 5.43 Å². The van der Waals surface area contributed by atoms with Gasteiger partial charge in [0.05, 0.1) is 13.2 Å². The molecule has 0 aromatic carbocycles. The molecule has 2 aliphatic rings. The van der Waals surface area contributed by atoms with Crippen molar-refractivity contribution in [1.82, 2.24) is 0 Å². The maximum atomic E-state index is 12.4. The lowest BCUT2D eigenvalue weighted by Crippen LogP contribution is -2.36. The van der Waals surface area contributed by atoms with Crippen molar-refractivity contribution in [1.29, 1.82) is 0 Å². The third kappa shape index (κ3) is 3.78. The lowest BCUT2D eigenvalue weighted by atomic mass is 10.1. The highest BCUT2D eigenvalue weighted by atomic mass is 32.1. The second-order valence-electron chi connectivity index (χ2n) is 5.54. The van der Waals surface area contributed by atoms with E-state index >= 15 is 0 Å². The van der Waals surface area contributed by atoms with Gasteiger partial charge in [0, 0.05) is 30.1 Å². The highest BCUT2D eigenvalue weighted by Crippen LogP contribution is 2.33. The smallest absolute Gasteiger partial charge is 0.204 e. The highest BCUT2D eigenvalue weighted by molar-refractivity contribution is 7.17. The fourth-order valence-electron chi connectivity index (χ4n) is 2.83. The predicted molar refractivity (Wildman–Crippen MR) is 106 cm³/mol. The van der Waals surface area contributed by atoms with Gasteiger partial charge in [-0.2, -0.15) is 0 Å². The molecule has 0 radical (unpaired) electrons. The van der Waals surface area contributed by atoms with E-state index in [1.54, 1.807) is 6.07 Å². The van der Waals surface area contributed by atoms with Crippen molar-refractivity contribution in [3.63, 3.8) is 0 Å². The average Bonchev–Trinajstić information content (AvgIpc) is 2.91. The maximum absolute atomic E-state index is 12.4. The van der Waals surface area contributed by atoms with Crippen molar-refractivity contribution in [3.8, 4) is 0 Å². The largest absolute Gasteiger partial charge is 0.439 e. The van der Waals surface area contributed by atoms with E-state index in [4.69, 9.17) is 9.15 Å². The minimum absolute atomic E-state index is 0.0257. The Morgan fingerprint density at radius 1 is 1.16 bits per heavy atom. The number of anilines is 1. The molecule has 0 amide bonds. The second-order valence-corrected chi connectivity index (χ2v) is 6.42. The van der Waals surface area contributed by atoms with Crippen LogP contribution in [0.1, 0.15) is 25.8 Å². The fraction of sp³-hybridized carbons (Fsp3) is 0.350. The minimum atomic E-state index is 0.0257. The summed E-state index contributed by atoms with van der Waals surface area (Å²) in [7, 11) is 0. The molecule has 1 aliphatic carbocycles. The van der Waals surface area contributed by atoms with Gasteiger partial charge in [0.15, 0.2) is 11.5 Å². The number of hydrogen-bond acceptors (Lipinski definition) is 5. The van der Waals surface area contributed by atoms with E-state index in [0.29, 0.717) is 29.4 Å². The molecule has 0 spiro atoms. The van der Waals surface area contributed by atoms with Gasteiger partial charge in [-0.25, -0.2) is 0 Å². The molecule has 5 heteroatoms. The van der Waals surface area contributed by atoms with Crippen molar-refractivity contribution in [2.75, 3.05) is 31.2 Å². The summed E-state index contributed by atoms with van der Waals surface area (Å²) >= 11 is 1.45. The van der Waals surface area contributed by atoms with Gasteiger partial charge in [-0.3, -0.25) is 4.79 Å². The van der Waals surface area contributed by atoms with Crippen LogP contribution in [-0.4, -0.2) is 26.3 Å². The van der Waals surface area contributed by atoms with Gasteiger partial charge >= 0.3 is 0 Å². The number of allylic oxidation sites excluding steroid dienone is 6. The number of fused-ring (bicyclic) bond motifs is 1. The van der Waals surface area contributed by atoms with Crippen molar-refractivity contribution >= 4 is 33.1 Å². The minimum Gasteiger partial charge on any atom is -0.439 e. The van der Waals surface area contributed by atoms with E-state index in [2.05, 4.69) is 29.2 Å². The van der Waals surface area contributed by atoms with Gasteiger partial charge in [0.2, 0.25) is 5.43 Å². The van der Waals surface area contributed by atoms with Crippen LogP contribution < -0.4 is 10.3 Å². The van der Waals surface area contributed by atoms with Gasteiger partial charge in [-0.15, -0.1) is 11.3 Å². The van der Waals surface area contributed by atoms with Gasteiger partial charge < -0.3 is 14.1 Å². The first kappa shape index (κ1) is 17.7. The first-order valence-corrected chi connectivity index (χ1v) is 9.63. The number of ether oxygens (including phenoxy) is 1. The summed E-state index contributed by atoms with van der Waals surface area (Å²) in [5.74, 6) is 0.638. The molecule has 0 bridgehead atoms. The molecule has 0 atom stereocenters. The lowest BCUT2D eigenvalue weighted by Gasteiger charge is -2.27. The number of rotatable bonds is 2. The van der Waals surface area contributed by atoms with Crippen LogP contribution in [0, 0.1) is 0 Å². The van der Waals surface area contributed by atoms with E-state index in [1.807, 2.05) is 25.3 Å². The van der Waals surface area contributed by atoms with Gasteiger partial charge in [-0.1, -0.05) is 44.2 Å². The second kappa shape index (κ2) is 8.32. The summed E-state index contributed by atoms with van der Waals surface area (Å²) < 4.78 is 12.2. The molecule has 1 aliphatic heterocycles. The van der Waals surface area contributed by atoms with Crippen LogP contribution in [0.25, 0.3) is 15.9 Å². The van der Waals surface area contributed by atoms with Gasteiger partial charge in [-0.05, 0) is 12.0 Å². The fourth-order valence-corrected chi connectivity index (χ4v) is 3.74. The quantitative estimate of drug-likeness (QED) is 0.787. The lowest BCUT2D eigenvalue weighted by molar-refractivity contribution is 0.121. The Morgan fingerprint density at radius 3 is 2.76 bits per heavy atom. The summed E-state index contributed by atoms with van der Waals surface area (Å²) in [6.45, 7) is 6.83. The monoisotopic (exact) mass is 357 g/mol. The Balaban J connectivity index is 0.000000880. The van der Waals surface area contributed by atoms with Crippen LogP contribution in [0.2, 0.25) is 0 Å². The highest BCUT2D eigenvalue weighted by Gasteiger charge is 2.18.